The lowest BCUT2D eigenvalue weighted by Gasteiger charge is -2.33. The SMILES string of the molecule is CC(C)OCC(O)CN1CCC(C(=O)N(C)C)CC1. The van der Waals surface area contributed by atoms with Crippen molar-refractivity contribution in [1.29, 1.82) is 0 Å². The van der Waals surface area contributed by atoms with Gasteiger partial charge in [-0.1, -0.05) is 0 Å². The summed E-state index contributed by atoms with van der Waals surface area (Å²) in [5, 5.41) is 9.87. The van der Waals surface area contributed by atoms with Crippen molar-refractivity contribution in [2.45, 2.75) is 38.9 Å². The van der Waals surface area contributed by atoms with Gasteiger partial charge in [0.1, 0.15) is 0 Å². The molecule has 0 aliphatic carbocycles. The van der Waals surface area contributed by atoms with E-state index in [-0.39, 0.29) is 17.9 Å². The Bertz CT molecular complexity index is 274. The molecule has 1 atom stereocenters. The molecule has 1 aliphatic heterocycles. The van der Waals surface area contributed by atoms with Gasteiger partial charge in [-0.05, 0) is 39.8 Å². The van der Waals surface area contributed by atoms with E-state index in [4.69, 9.17) is 4.74 Å². The molecular formula is C14H28N2O3. The Kier molecular flexibility index (Phi) is 6.75. The summed E-state index contributed by atoms with van der Waals surface area (Å²) < 4.78 is 5.40. The first-order valence-electron chi connectivity index (χ1n) is 7.13. The Morgan fingerprint density at radius 1 is 1.37 bits per heavy atom. The van der Waals surface area contributed by atoms with Crippen molar-refractivity contribution in [3.8, 4) is 0 Å². The van der Waals surface area contributed by atoms with Crippen LogP contribution in [0.15, 0.2) is 0 Å². The molecule has 1 rings (SSSR count). The number of amides is 1. The zero-order valence-corrected chi connectivity index (χ0v) is 12.6. The van der Waals surface area contributed by atoms with Crippen LogP contribution in [0.5, 0.6) is 0 Å². The molecule has 19 heavy (non-hydrogen) atoms. The number of ether oxygens (including phenoxy) is 1. The molecule has 1 saturated heterocycles. The summed E-state index contributed by atoms with van der Waals surface area (Å²) >= 11 is 0. The topological polar surface area (TPSA) is 53.0 Å². The van der Waals surface area contributed by atoms with E-state index in [1.165, 1.54) is 0 Å². The lowest BCUT2D eigenvalue weighted by molar-refractivity contribution is -0.134. The molecule has 0 radical (unpaired) electrons. The fourth-order valence-corrected chi connectivity index (χ4v) is 2.38. The molecule has 5 nitrogen and oxygen atoms in total. The monoisotopic (exact) mass is 272 g/mol. The van der Waals surface area contributed by atoms with Crippen LogP contribution >= 0.6 is 0 Å². The molecule has 0 bridgehead atoms. The second-order valence-electron chi connectivity index (χ2n) is 5.84. The van der Waals surface area contributed by atoms with Gasteiger partial charge >= 0.3 is 0 Å². The van der Waals surface area contributed by atoms with Crippen molar-refractivity contribution in [1.82, 2.24) is 9.80 Å². The predicted octanol–water partition coefficient (Wildman–Crippen LogP) is 0.573. The van der Waals surface area contributed by atoms with Gasteiger partial charge in [-0.2, -0.15) is 0 Å². The maximum absolute atomic E-state index is 11.8. The summed E-state index contributed by atoms with van der Waals surface area (Å²) in [6.07, 6.45) is 1.48. The molecule has 112 valence electrons. The molecule has 5 heteroatoms. The molecule has 1 aliphatic rings. The number of β-amino-alcohol motifs (C(OH)–C–C–N with tert-alkyl or cyclic N) is 1. The number of aliphatic hydroxyl groups is 1. The molecule has 1 amide bonds. The largest absolute Gasteiger partial charge is 0.389 e. The van der Waals surface area contributed by atoms with Crippen LogP contribution in [-0.4, -0.2) is 73.4 Å². The third-order valence-corrected chi connectivity index (χ3v) is 3.47. The van der Waals surface area contributed by atoms with Gasteiger partial charge in [0.25, 0.3) is 0 Å². The lowest BCUT2D eigenvalue weighted by Crippen LogP contribution is -2.43. The lowest BCUT2D eigenvalue weighted by atomic mass is 9.95. The minimum absolute atomic E-state index is 0.148. The summed E-state index contributed by atoms with van der Waals surface area (Å²) in [5.41, 5.74) is 0. The van der Waals surface area contributed by atoms with Crippen LogP contribution in [0, 0.1) is 5.92 Å². The first-order valence-corrected chi connectivity index (χ1v) is 7.13. The Morgan fingerprint density at radius 3 is 2.42 bits per heavy atom. The van der Waals surface area contributed by atoms with Crippen molar-refractivity contribution in [3.05, 3.63) is 0 Å². The van der Waals surface area contributed by atoms with E-state index >= 15 is 0 Å². The highest BCUT2D eigenvalue weighted by molar-refractivity contribution is 5.78. The number of nitrogens with zero attached hydrogens (tertiary/aromatic N) is 2. The number of aliphatic hydroxyl groups excluding tert-OH is 1. The second kappa shape index (κ2) is 7.82. The van der Waals surface area contributed by atoms with Crippen molar-refractivity contribution in [2.24, 2.45) is 5.92 Å². The van der Waals surface area contributed by atoms with Gasteiger partial charge in [0, 0.05) is 26.6 Å². The number of hydrogen-bond donors (Lipinski definition) is 1. The van der Waals surface area contributed by atoms with E-state index in [9.17, 15) is 9.90 Å². The zero-order chi connectivity index (χ0) is 14.4. The molecule has 1 unspecified atom stereocenters. The number of rotatable bonds is 6. The molecular weight excluding hydrogens is 244 g/mol. The van der Waals surface area contributed by atoms with Gasteiger partial charge in [0.05, 0.1) is 18.8 Å². The standard InChI is InChI=1S/C14H28N2O3/c1-11(2)19-10-13(17)9-16-7-5-12(6-8-16)14(18)15(3)4/h11-13,17H,5-10H2,1-4H3. The van der Waals surface area contributed by atoms with Crippen LogP contribution in [0.2, 0.25) is 0 Å². The van der Waals surface area contributed by atoms with Crippen LogP contribution < -0.4 is 0 Å². The second-order valence-corrected chi connectivity index (χ2v) is 5.84. The number of carbonyl (C=O) groups excluding carboxylic acids is 1. The molecule has 1 fully saturated rings. The van der Waals surface area contributed by atoms with Crippen LogP contribution in [0.25, 0.3) is 0 Å². The van der Waals surface area contributed by atoms with Crippen LogP contribution in [-0.2, 0) is 9.53 Å². The van der Waals surface area contributed by atoms with Crippen LogP contribution in [0.1, 0.15) is 26.7 Å². The quantitative estimate of drug-likeness (QED) is 0.768. The van der Waals surface area contributed by atoms with Crippen molar-refractivity contribution in [2.75, 3.05) is 40.3 Å². The fourth-order valence-electron chi connectivity index (χ4n) is 2.38. The third-order valence-electron chi connectivity index (χ3n) is 3.47. The summed E-state index contributed by atoms with van der Waals surface area (Å²) in [5.74, 6) is 0.374. The molecule has 1 heterocycles. The number of carbonyl (C=O) groups is 1. The first-order chi connectivity index (χ1) is 8.90. The van der Waals surface area contributed by atoms with Gasteiger partial charge in [-0.15, -0.1) is 0 Å². The van der Waals surface area contributed by atoms with Gasteiger partial charge < -0.3 is 19.6 Å². The minimum Gasteiger partial charge on any atom is -0.389 e. The maximum atomic E-state index is 11.8. The Balaban J connectivity index is 2.24. The molecule has 0 spiro atoms. The fraction of sp³-hybridized carbons (Fsp3) is 0.929. The van der Waals surface area contributed by atoms with E-state index in [1.54, 1.807) is 4.90 Å². The Labute approximate surface area is 116 Å². The predicted molar refractivity (Wildman–Crippen MR) is 75.0 cm³/mol. The van der Waals surface area contributed by atoms with E-state index < -0.39 is 6.10 Å². The van der Waals surface area contributed by atoms with Crippen molar-refractivity contribution in [3.63, 3.8) is 0 Å². The summed E-state index contributed by atoms with van der Waals surface area (Å²) in [6, 6.07) is 0. The summed E-state index contributed by atoms with van der Waals surface area (Å²) in [6.45, 7) is 6.70. The molecule has 0 saturated carbocycles. The number of piperidine rings is 1. The zero-order valence-electron chi connectivity index (χ0n) is 12.6. The Hall–Kier alpha value is -0.650. The average molecular weight is 272 g/mol. The van der Waals surface area contributed by atoms with Gasteiger partial charge in [-0.25, -0.2) is 0 Å². The highest BCUT2D eigenvalue weighted by Crippen LogP contribution is 2.19. The van der Waals surface area contributed by atoms with Gasteiger partial charge in [-0.3, -0.25) is 4.79 Å². The van der Waals surface area contributed by atoms with Gasteiger partial charge in [0.15, 0.2) is 0 Å². The highest BCUT2D eigenvalue weighted by atomic mass is 16.5. The van der Waals surface area contributed by atoms with Gasteiger partial charge in [0.2, 0.25) is 5.91 Å². The molecule has 0 aromatic carbocycles. The van der Waals surface area contributed by atoms with E-state index in [1.807, 2.05) is 27.9 Å². The first kappa shape index (κ1) is 16.4. The van der Waals surface area contributed by atoms with E-state index in [2.05, 4.69) is 4.90 Å². The minimum atomic E-state index is -0.441. The Morgan fingerprint density at radius 2 is 1.95 bits per heavy atom. The normalized spacial score (nSPS) is 19.7. The average Bonchev–Trinajstić information content (AvgIpc) is 2.36. The number of hydrogen-bond acceptors (Lipinski definition) is 4. The van der Waals surface area contributed by atoms with Crippen LogP contribution in [0.4, 0.5) is 0 Å². The van der Waals surface area contributed by atoms with Crippen molar-refractivity contribution >= 4 is 5.91 Å². The molecule has 0 aromatic heterocycles. The summed E-state index contributed by atoms with van der Waals surface area (Å²) in [7, 11) is 3.61. The number of likely N-dealkylation sites (tertiary alicyclic amines) is 1. The van der Waals surface area contributed by atoms with E-state index in [0.29, 0.717) is 13.2 Å². The summed E-state index contributed by atoms with van der Waals surface area (Å²) in [4.78, 5) is 15.7. The van der Waals surface area contributed by atoms with Crippen LogP contribution in [0.3, 0.4) is 0 Å². The highest BCUT2D eigenvalue weighted by Gasteiger charge is 2.26. The van der Waals surface area contributed by atoms with E-state index in [0.717, 1.165) is 25.9 Å². The maximum Gasteiger partial charge on any atom is 0.225 e. The molecule has 0 aromatic rings. The van der Waals surface area contributed by atoms with Crippen molar-refractivity contribution < 1.29 is 14.6 Å². The smallest absolute Gasteiger partial charge is 0.225 e. The third kappa shape index (κ3) is 5.89. The molecule has 1 N–H and O–H groups in total.